The molecule has 23 heavy (non-hydrogen) atoms. The Hall–Kier alpha value is -2.02. The fraction of sp³-hybridized carbons (Fsp3) is 0.533. The topological polar surface area (TPSA) is 74.1 Å². The summed E-state index contributed by atoms with van der Waals surface area (Å²) in [7, 11) is 1.60. The van der Waals surface area contributed by atoms with Gasteiger partial charge in [0.1, 0.15) is 0 Å². The highest BCUT2D eigenvalue weighted by atomic mass is 35.5. The number of methoxy groups -OCH3 is 1. The zero-order chi connectivity index (χ0) is 16.8. The van der Waals surface area contributed by atoms with Crippen molar-refractivity contribution in [3.8, 4) is 11.5 Å². The van der Waals surface area contributed by atoms with Gasteiger partial charge in [0, 0.05) is 13.1 Å². The van der Waals surface area contributed by atoms with E-state index >= 15 is 0 Å². The predicted molar refractivity (Wildman–Crippen MR) is 89.2 cm³/mol. The first-order valence-corrected chi connectivity index (χ1v) is 7.96. The molecular formula is C15H22ClN5O2. The van der Waals surface area contributed by atoms with E-state index in [2.05, 4.69) is 27.8 Å². The zero-order valence-corrected chi connectivity index (χ0v) is 14.6. The van der Waals surface area contributed by atoms with Gasteiger partial charge in [0.25, 0.3) is 0 Å². The molecular weight excluding hydrogens is 318 g/mol. The first-order chi connectivity index (χ1) is 11.0. The normalized spacial score (nSPS) is 10.9. The average molecular weight is 340 g/mol. The summed E-state index contributed by atoms with van der Waals surface area (Å²) in [5.74, 6) is 1.80. The first-order valence-electron chi connectivity index (χ1n) is 7.58. The number of nitrogens with one attached hydrogen (secondary N) is 1. The summed E-state index contributed by atoms with van der Waals surface area (Å²) in [5.41, 5.74) is 0.953. The van der Waals surface area contributed by atoms with E-state index in [1.165, 1.54) is 0 Å². The summed E-state index contributed by atoms with van der Waals surface area (Å²) in [6.45, 7) is 7.25. The Morgan fingerprint density at radius 2 is 2.13 bits per heavy atom. The van der Waals surface area contributed by atoms with Crippen molar-refractivity contribution >= 4 is 17.5 Å². The summed E-state index contributed by atoms with van der Waals surface area (Å²) < 4.78 is 12.8. The monoisotopic (exact) mass is 339 g/mol. The van der Waals surface area contributed by atoms with Gasteiger partial charge in [-0.25, -0.2) is 4.68 Å². The molecule has 0 spiro atoms. The lowest BCUT2D eigenvalue weighted by Gasteiger charge is -2.16. The smallest absolute Gasteiger partial charge is 0.243 e. The second kappa shape index (κ2) is 8.01. The lowest BCUT2D eigenvalue weighted by Crippen LogP contribution is -2.10. The van der Waals surface area contributed by atoms with Crippen molar-refractivity contribution in [1.29, 1.82) is 0 Å². The Kier molecular flexibility index (Phi) is 6.04. The largest absolute Gasteiger partial charge is 0.493 e. The van der Waals surface area contributed by atoms with Crippen LogP contribution in [0.3, 0.4) is 0 Å². The Morgan fingerprint density at radius 1 is 1.35 bits per heavy atom. The van der Waals surface area contributed by atoms with Gasteiger partial charge in [0.05, 0.1) is 18.2 Å². The van der Waals surface area contributed by atoms with Gasteiger partial charge in [-0.1, -0.05) is 23.6 Å². The molecule has 0 aliphatic carbocycles. The van der Waals surface area contributed by atoms with Gasteiger partial charge in [0.15, 0.2) is 11.5 Å². The molecule has 1 aromatic heterocycles. The highest BCUT2D eigenvalue weighted by molar-refractivity contribution is 6.32. The maximum atomic E-state index is 6.32. The van der Waals surface area contributed by atoms with E-state index in [0.29, 0.717) is 29.0 Å². The second-order valence-corrected chi connectivity index (χ2v) is 5.76. The quantitative estimate of drug-likeness (QED) is 0.796. The highest BCUT2D eigenvalue weighted by Crippen LogP contribution is 2.37. The lowest BCUT2D eigenvalue weighted by molar-refractivity contribution is 0.230. The number of nitrogens with zero attached hydrogens (tertiary/aromatic N) is 4. The minimum atomic E-state index is 0.0176. The van der Waals surface area contributed by atoms with Crippen molar-refractivity contribution in [3.05, 3.63) is 22.7 Å². The van der Waals surface area contributed by atoms with Gasteiger partial charge in [-0.05, 0) is 48.4 Å². The van der Waals surface area contributed by atoms with E-state index in [0.717, 1.165) is 18.5 Å². The van der Waals surface area contributed by atoms with E-state index in [4.69, 9.17) is 21.1 Å². The van der Waals surface area contributed by atoms with Crippen LogP contribution < -0.4 is 14.8 Å². The van der Waals surface area contributed by atoms with Crippen LogP contribution in [0.25, 0.3) is 0 Å². The van der Waals surface area contributed by atoms with Gasteiger partial charge in [-0.15, -0.1) is 0 Å². The molecule has 0 saturated carbocycles. The van der Waals surface area contributed by atoms with Crippen molar-refractivity contribution < 1.29 is 9.47 Å². The van der Waals surface area contributed by atoms with E-state index in [1.807, 2.05) is 26.0 Å². The summed E-state index contributed by atoms with van der Waals surface area (Å²) in [5, 5.41) is 15.3. The molecule has 0 unspecified atom stereocenters. The molecule has 8 heteroatoms. The van der Waals surface area contributed by atoms with Gasteiger partial charge >= 0.3 is 0 Å². The van der Waals surface area contributed by atoms with Crippen molar-refractivity contribution in [2.45, 2.75) is 46.4 Å². The lowest BCUT2D eigenvalue weighted by atomic mass is 10.2. The molecule has 0 saturated heterocycles. The molecule has 0 amide bonds. The molecule has 1 N–H and O–H groups in total. The van der Waals surface area contributed by atoms with Crippen LogP contribution in [0.1, 0.15) is 32.8 Å². The van der Waals surface area contributed by atoms with Crippen molar-refractivity contribution in [2.75, 3.05) is 12.4 Å². The molecule has 0 radical (unpaired) electrons. The summed E-state index contributed by atoms with van der Waals surface area (Å²) in [6, 6.07) is 3.74. The molecule has 2 rings (SSSR count). The molecule has 0 aliphatic heterocycles. The highest BCUT2D eigenvalue weighted by Gasteiger charge is 2.14. The summed E-state index contributed by atoms with van der Waals surface area (Å²) in [6.07, 6.45) is 0.977. The van der Waals surface area contributed by atoms with E-state index in [1.54, 1.807) is 11.8 Å². The number of hydrogen-bond donors (Lipinski definition) is 1. The van der Waals surface area contributed by atoms with E-state index in [9.17, 15) is 0 Å². The molecule has 2 aromatic rings. The molecule has 7 nitrogen and oxygen atoms in total. The zero-order valence-electron chi connectivity index (χ0n) is 13.8. The molecule has 1 aromatic carbocycles. The van der Waals surface area contributed by atoms with Crippen LogP contribution in [0.2, 0.25) is 5.02 Å². The first kappa shape index (κ1) is 17.3. The SMILES string of the molecule is CCCn1nnnc1NCc1cc(Cl)c(OC(C)C)c(OC)c1. The fourth-order valence-electron chi connectivity index (χ4n) is 2.10. The summed E-state index contributed by atoms with van der Waals surface area (Å²) >= 11 is 6.32. The number of ether oxygens (including phenoxy) is 2. The third-order valence-corrected chi connectivity index (χ3v) is 3.34. The Bertz CT molecular complexity index is 645. The second-order valence-electron chi connectivity index (χ2n) is 5.35. The van der Waals surface area contributed by atoms with Crippen LogP contribution in [0.15, 0.2) is 12.1 Å². The Morgan fingerprint density at radius 3 is 2.78 bits per heavy atom. The Balaban J connectivity index is 2.14. The van der Waals surface area contributed by atoms with Crippen LogP contribution in [0.4, 0.5) is 5.95 Å². The van der Waals surface area contributed by atoms with Gasteiger partial charge in [-0.2, -0.15) is 0 Å². The van der Waals surface area contributed by atoms with Crippen LogP contribution in [0.5, 0.6) is 11.5 Å². The minimum absolute atomic E-state index is 0.0176. The number of tetrazole rings is 1. The van der Waals surface area contributed by atoms with Crippen LogP contribution >= 0.6 is 11.6 Å². The maximum Gasteiger partial charge on any atom is 0.243 e. The molecule has 126 valence electrons. The van der Waals surface area contributed by atoms with Crippen molar-refractivity contribution in [3.63, 3.8) is 0 Å². The van der Waals surface area contributed by atoms with Crippen molar-refractivity contribution in [2.24, 2.45) is 0 Å². The molecule has 0 bridgehead atoms. The van der Waals surface area contributed by atoms with Crippen LogP contribution in [-0.4, -0.2) is 33.4 Å². The standard InChI is InChI=1S/C15H22ClN5O2/c1-5-6-21-15(18-19-20-21)17-9-11-7-12(16)14(23-10(2)3)13(8-11)22-4/h7-8,10H,5-6,9H2,1-4H3,(H,17,18,20). The third kappa shape index (κ3) is 4.48. The number of halogens is 1. The number of anilines is 1. The maximum absolute atomic E-state index is 6.32. The predicted octanol–water partition coefficient (Wildman–Crippen LogP) is 3.14. The van der Waals surface area contributed by atoms with Gasteiger partial charge in [-0.3, -0.25) is 0 Å². The number of rotatable bonds is 8. The van der Waals surface area contributed by atoms with Crippen LogP contribution in [-0.2, 0) is 13.1 Å². The number of aryl methyl sites for hydroxylation is 1. The molecule has 0 fully saturated rings. The number of hydrogen-bond acceptors (Lipinski definition) is 6. The van der Waals surface area contributed by atoms with E-state index in [-0.39, 0.29) is 6.10 Å². The van der Waals surface area contributed by atoms with E-state index < -0.39 is 0 Å². The number of aromatic nitrogens is 4. The Labute approximate surface area is 140 Å². The summed E-state index contributed by atoms with van der Waals surface area (Å²) in [4.78, 5) is 0. The molecule has 0 atom stereocenters. The van der Waals surface area contributed by atoms with Crippen LogP contribution in [0, 0.1) is 0 Å². The minimum Gasteiger partial charge on any atom is -0.493 e. The average Bonchev–Trinajstić information content (AvgIpc) is 2.94. The van der Waals surface area contributed by atoms with Crippen molar-refractivity contribution in [1.82, 2.24) is 20.2 Å². The molecule has 0 aliphatic rings. The third-order valence-electron chi connectivity index (χ3n) is 3.06. The van der Waals surface area contributed by atoms with Gasteiger partial charge < -0.3 is 14.8 Å². The van der Waals surface area contributed by atoms with Gasteiger partial charge in [0.2, 0.25) is 5.95 Å². The number of benzene rings is 1. The molecule has 1 heterocycles. The fourth-order valence-corrected chi connectivity index (χ4v) is 2.38.